The second kappa shape index (κ2) is 5.89. The Hall–Kier alpha value is -2.80. The predicted octanol–water partition coefficient (Wildman–Crippen LogP) is 2.90. The van der Waals surface area contributed by atoms with Crippen LogP contribution in [0.15, 0.2) is 42.5 Å². The minimum Gasteiger partial charge on any atom is -0.399 e. The molecule has 1 amide bonds. The molecule has 0 saturated heterocycles. The highest BCUT2D eigenvalue weighted by Gasteiger charge is 2.07. The van der Waals surface area contributed by atoms with Crippen molar-refractivity contribution in [3.63, 3.8) is 0 Å². The standard InChI is InChI=1S/C16H15N3O/c1-11-8-13(10-14(18)9-11)16(20)19-15-4-2-12(3-5-15)6-7-17/h2-5,8-10H,6,18H2,1H3,(H,19,20). The maximum absolute atomic E-state index is 12.1. The van der Waals surface area contributed by atoms with Gasteiger partial charge in [-0.1, -0.05) is 12.1 Å². The number of amides is 1. The molecule has 0 aliphatic carbocycles. The SMILES string of the molecule is Cc1cc(N)cc(C(=O)Nc2ccc(CC#N)cc2)c1. The highest BCUT2D eigenvalue weighted by atomic mass is 16.1. The van der Waals surface area contributed by atoms with Crippen LogP contribution < -0.4 is 11.1 Å². The lowest BCUT2D eigenvalue weighted by Gasteiger charge is -2.07. The molecule has 0 aliphatic rings. The summed E-state index contributed by atoms with van der Waals surface area (Å²) in [5, 5.41) is 11.4. The smallest absolute Gasteiger partial charge is 0.255 e. The third-order valence-corrected chi connectivity index (χ3v) is 2.86. The average Bonchev–Trinajstić information content (AvgIpc) is 2.40. The third-order valence-electron chi connectivity index (χ3n) is 2.86. The van der Waals surface area contributed by atoms with Gasteiger partial charge in [-0.25, -0.2) is 0 Å². The number of nitrogens with two attached hydrogens (primary N) is 1. The number of nitrogens with zero attached hydrogens (tertiary/aromatic N) is 1. The maximum atomic E-state index is 12.1. The van der Waals surface area contributed by atoms with Crippen molar-refractivity contribution in [3.05, 3.63) is 59.2 Å². The van der Waals surface area contributed by atoms with Crippen LogP contribution in [0.5, 0.6) is 0 Å². The number of hydrogen-bond acceptors (Lipinski definition) is 3. The monoisotopic (exact) mass is 265 g/mol. The Bertz CT molecular complexity index is 649. The van der Waals surface area contributed by atoms with Gasteiger partial charge in [-0.3, -0.25) is 4.79 Å². The summed E-state index contributed by atoms with van der Waals surface area (Å²) in [6.07, 6.45) is 0.364. The Morgan fingerprint density at radius 3 is 2.55 bits per heavy atom. The first-order chi connectivity index (χ1) is 9.58. The number of nitriles is 1. The van der Waals surface area contributed by atoms with Crippen LogP contribution >= 0.6 is 0 Å². The van der Waals surface area contributed by atoms with Crippen LogP contribution in [0.4, 0.5) is 11.4 Å². The fourth-order valence-electron chi connectivity index (χ4n) is 1.94. The van der Waals surface area contributed by atoms with Gasteiger partial charge in [0.25, 0.3) is 5.91 Å². The van der Waals surface area contributed by atoms with Gasteiger partial charge >= 0.3 is 0 Å². The van der Waals surface area contributed by atoms with Gasteiger partial charge < -0.3 is 11.1 Å². The molecular weight excluding hydrogens is 250 g/mol. The molecule has 0 heterocycles. The quantitative estimate of drug-likeness (QED) is 0.837. The van der Waals surface area contributed by atoms with E-state index in [1.165, 1.54) is 0 Å². The molecule has 4 nitrogen and oxygen atoms in total. The number of nitrogen functional groups attached to an aromatic ring is 1. The second-order valence-corrected chi connectivity index (χ2v) is 4.62. The molecule has 0 unspecified atom stereocenters. The van der Waals surface area contributed by atoms with Crippen LogP contribution in [0.3, 0.4) is 0 Å². The number of hydrogen-bond donors (Lipinski definition) is 2. The summed E-state index contributed by atoms with van der Waals surface area (Å²) in [5.41, 5.74) is 9.39. The number of benzene rings is 2. The number of rotatable bonds is 3. The number of nitrogens with one attached hydrogen (secondary N) is 1. The number of aryl methyl sites for hydroxylation is 1. The van der Waals surface area contributed by atoms with E-state index >= 15 is 0 Å². The summed E-state index contributed by atoms with van der Waals surface area (Å²) < 4.78 is 0. The van der Waals surface area contributed by atoms with E-state index in [0.29, 0.717) is 23.4 Å². The number of anilines is 2. The fourth-order valence-corrected chi connectivity index (χ4v) is 1.94. The summed E-state index contributed by atoms with van der Waals surface area (Å²) in [6, 6.07) is 14.5. The Labute approximate surface area is 117 Å². The lowest BCUT2D eigenvalue weighted by molar-refractivity contribution is 0.102. The molecular formula is C16H15N3O. The molecule has 2 rings (SSSR count). The van der Waals surface area contributed by atoms with E-state index in [2.05, 4.69) is 11.4 Å². The maximum Gasteiger partial charge on any atom is 0.255 e. The van der Waals surface area contributed by atoms with Gasteiger partial charge in [0, 0.05) is 16.9 Å². The minimum absolute atomic E-state index is 0.201. The van der Waals surface area contributed by atoms with E-state index in [0.717, 1.165) is 11.1 Å². The molecule has 2 aromatic rings. The van der Waals surface area contributed by atoms with Crippen molar-refractivity contribution in [2.24, 2.45) is 0 Å². The molecule has 0 bridgehead atoms. The van der Waals surface area contributed by atoms with Crippen molar-refractivity contribution in [2.75, 3.05) is 11.1 Å². The van der Waals surface area contributed by atoms with E-state index < -0.39 is 0 Å². The zero-order valence-corrected chi connectivity index (χ0v) is 11.2. The van der Waals surface area contributed by atoms with Crippen molar-refractivity contribution in [2.45, 2.75) is 13.3 Å². The van der Waals surface area contributed by atoms with Gasteiger partial charge in [0.2, 0.25) is 0 Å². The van der Waals surface area contributed by atoms with Gasteiger partial charge in [0.1, 0.15) is 0 Å². The van der Waals surface area contributed by atoms with Crippen LogP contribution in [0, 0.1) is 18.3 Å². The summed E-state index contributed by atoms with van der Waals surface area (Å²) in [5.74, 6) is -0.201. The fraction of sp³-hybridized carbons (Fsp3) is 0.125. The molecule has 20 heavy (non-hydrogen) atoms. The molecule has 0 aliphatic heterocycles. The van der Waals surface area contributed by atoms with Crippen LogP contribution in [-0.2, 0) is 6.42 Å². The Morgan fingerprint density at radius 2 is 1.95 bits per heavy atom. The first-order valence-corrected chi connectivity index (χ1v) is 6.23. The summed E-state index contributed by atoms with van der Waals surface area (Å²) in [4.78, 5) is 12.1. The van der Waals surface area contributed by atoms with Crippen LogP contribution in [0.1, 0.15) is 21.5 Å². The molecule has 0 atom stereocenters. The molecule has 4 heteroatoms. The second-order valence-electron chi connectivity index (χ2n) is 4.62. The van der Waals surface area contributed by atoms with Crippen molar-refractivity contribution >= 4 is 17.3 Å². The minimum atomic E-state index is -0.201. The molecule has 0 fully saturated rings. The van der Waals surface area contributed by atoms with E-state index in [1.54, 1.807) is 24.3 Å². The lowest BCUT2D eigenvalue weighted by atomic mass is 10.1. The first kappa shape index (κ1) is 13.6. The van der Waals surface area contributed by atoms with Gasteiger partial charge in [0.15, 0.2) is 0 Å². The average molecular weight is 265 g/mol. The molecule has 0 radical (unpaired) electrons. The van der Waals surface area contributed by atoms with Crippen molar-refractivity contribution in [1.82, 2.24) is 0 Å². The normalized spacial score (nSPS) is 9.80. The van der Waals surface area contributed by atoms with Crippen molar-refractivity contribution < 1.29 is 4.79 Å². The van der Waals surface area contributed by atoms with Crippen LogP contribution in [0.2, 0.25) is 0 Å². The largest absolute Gasteiger partial charge is 0.399 e. The highest BCUT2D eigenvalue weighted by Crippen LogP contribution is 2.15. The Kier molecular flexibility index (Phi) is 4.02. The Morgan fingerprint density at radius 1 is 1.25 bits per heavy atom. The molecule has 3 N–H and O–H groups in total. The molecule has 100 valence electrons. The number of carbonyl (C=O) groups excluding carboxylic acids is 1. The third kappa shape index (κ3) is 3.36. The Balaban J connectivity index is 2.13. The van der Waals surface area contributed by atoms with Crippen molar-refractivity contribution in [1.29, 1.82) is 5.26 Å². The summed E-state index contributed by atoms with van der Waals surface area (Å²) in [6.45, 7) is 1.89. The zero-order chi connectivity index (χ0) is 14.5. The zero-order valence-electron chi connectivity index (χ0n) is 11.2. The van der Waals surface area contributed by atoms with E-state index in [1.807, 2.05) is 25.1 Å². The van der Waals surface area contributed by atoms with Crippen LogP contribution in [-0.4, -0.2) is 5.91 Å². The van der Waals surface area contributed by atoms with E-state index in [4.69, 9.17) is 11.0 Å². The van der Waals surface area contributed by atoms with Crippen molar-refractivity contribution in [3.8, 4) is 6.07 Å². The molecule has 2 aromatic carbocycles. The lowest BCUT2D eigenvalue weighted by Crippen LogP contribution is -2.12. The molecule has 0 saturated carbocycles. The molecule has 0 aromatic heterocycles. The topological polar surface area (TPSA) is 78.9 Å². The molecule has 0 spiro atoms. The highest BCUT2D eigenvalue weighted by molar-refractivity contribution is 6.04. The summed E-state index contributed by atoms with van der Waals surface area (Å²) in [7, 11) is 0. The number of carbonyl (C=O) groups is 1. The van der Waals surface area contributed by atoms with E-state index in [-0.39, 0.29) is 5.91 Å². The van der Waals surface area contributed by atoms with Gasteiger partial charge in [-0.05, 0) is 48.4 Å². The summed E-state index contributed by atoms with van der Waals surface area (Å²) >= 11 is 0. The van der Waals surface area contributed by atoms with E-state index in [9.17, 15) is 4.79 Å². The van der Waals surface area contributed by atoms with Gasteiger partial charge in [0.05, 0.1) is 12.5 Å². The van der Waals surface area contributed by atoms with Crippen LogP contribution in [0.25, 0.3) is 0 Å². The predicted molar refractivity (Wildman–Crippen MR) is 79.3 cm³/mol. The van der Waals surface area contributed by atoms with Gasteiger partial charge in [-0.2, -0.15) is 5.26 Å². The van der Waals surface area contributed by atoms with Gasteiger partial charge in [-0.15, -0.1) is 0 Å². The first-order valence-electron chi connectivity index (χ1n) is 6.23.